The van der Waals surface area contributed by atoms with E-state index in [1.165, 1.54) is 17.0 Å². The molecule has 14 heavy (non-hydrogen) atoms. The fraction of sp³-hybridized carbons (Fsp3) is 0.600. The summed E-state index contributed by atoms with van der Waals surface area (Å²) in [5.74, 6) is 0.392. The van der Waals surface area contributed by atoms with Crippen LogP contribution < -0.4 is 5.56 Å². The summed E-state index contributed by atoms with van der Waals surface area (Å²) in [6, 6.07) is 1.49. The Hall–Kier alpha value is -1.16. The van der Waals surface area contributed by atoms with Gasteiger partial charge in [0.2, 0.25) is 0 Å². The summed E-state index contributed by atoms with van der Waals surface area (Å²) in [7, 11) is 0. The quantitative estimate of drug-likeness (QED) is 0.754. The lowest BCUT2D eigenvalue weighted by atomic mass is 10.2. The lowest BCUT2D eigenvalue weighted by Gasteiger charge is -2.10. The second-order valence-corrected chi connectivity index (χ2v) is 3.93. The number of nitrogens with zero attached hydrogens (tertiary/aromatic N) is 2. The van der Waals surface area contributed by atoms with E-state index in [9.17, 15) is 9.90 Å². The lowest BCUT2D eigenvalue weighted by molar-refractivity contribution is 0.130. The Morgan fingerprint density at radius 3 is 3.00 bits per heavy atom. The molecule has 1 unspecified atom stereocenters. The first kappa shape index (κ1) is 9.40. The van der Waals surface area contributed by atoms with Gasteiger partial charge in [-0.3, -0.25) is 9.36 Å². The number of aryl methyl sites for hydroxylation is 1. The monoisotopic (exact) mass is 194 g/mol. The van der Waals surface area contributed by atoms with E-state index >= 15 is 0 Å². The summed E-state index contributed by atoms with van der Waals surface area (Å²) in [5.41, 5.74) is 0.629. The molecule has 76 valence electrons. The largest absolute Gasteiger partial charge is 0.391 e. The van der Waals surface area contributed by atoms with Crippen molar-refractivity contribution in [2.24, 2.45) is 5.92 Å². The van der Waals surface area contributed by atoms with Crippen LogP contribution in [0.1, 0.15) is 18.5 Å². The van der Waals surface area contributed by atoms with E-state index in [0.29, 0.717) is 18.2 Å². The molecule has 0 radical (unpaired) electrons. The molecule has 1 aromatic rings. The average Bonchev–Trinajstić information content (AvgIpc) is 2.92. The van der Waals surface area contributed by atoms with Gasteiger partial charge in [0.1, 0.15) is 0 Å². The Morgan fingerprint density at radius 2 is 2.43 bits per heavy atom. The van der Waals surface area contributed by atoms with Crippen LogP contribution in [0.4, 0.5) is 0 Å². The molecule has 0 spiro atoms. The van der Waals surface area contributed by atoms with Crippen LogP contribution in [-0.2, 0) is 6.54 Å². The second-order valence-electron chi connectivity index (χ2n) is 3.93. The van der Waals surface area contributed by atoms with Crippen LogP contribution in [-0.4, -0.2) is 20.8 Å². The lowest BCUT2D eigenvalue weighted by Crippen LogP contribution is -2.27. The molecule has 0 saturated heterocycles. The minimum absolute atomic E-state index is 0.0859. The predicted octanol–water partition coefficient (Wildman–Crippen LogP) is 0.323. The predicted molar refractivity (Wildman–Crippen MR) is 52.0 cm³/mol. The summed E-state index contributed by atoms with van der Waals surface area (Å²) in [5, 5.41) is 9.65. The fourth-order valence-corrected chi connectivity index (χ4v) is 1.49. The molecule has 0 bridgehead atoms. The number of aromatic nitrogens is 2. The third-order valence-electron chi connectivity index (χ3n) is 2.57. The average molecular weight is 194 g/mol. The first-order valence-electron chi connectivity index (χ1n) is 4.88. The highest BCUT2D eigenvalue weighted by molar-refractivity contribution is 4.96. The van der Waals surface area contributed by atoms with Crippen molar-refractivity contribution in [3.8, 4) is 0 Å². The zero-order chi connectivity index (χ0) is 10.1. The van der Waals surface area contributed by atoms with Gasteiger partial charge in [-0.05, 0) is 25.7 Å². The van der Waals surface area contributed by atoms with Crippen molar-refractivity contribution in [3.05, 3.63) is 28.4 Å². The molecule has 0 aliphatic heterocycles. The van der Waals surface area contributed by atoms with Gasteiger partial charge in [-0.25, -0.2) is 4.98 Å². The summed E-state index contributed by atoms with van der Waals surface area (Å²) < 4.78 is 1.47. The van der Waals surface area contributed by atoms with Crippen LogP contribution in [0.25, 0.3) is 0 Å². The van der Waals surface area contributed by atoms with E-state index in [-0.39, 0.29) is 5.56 Å². The molecule has 2 rings (SSSR count). The van der Waals surface area contributed by atoms with Gasteiger partial charge in [0, 0.05) is 11.8 Å². The molecule has 1 saturated carbocycles. The minimum atomic E-state index is -0.391. The normalized spacial score (nSPS) is 18.1. The van der Waals surface area contributed by atoms with Crippen molar-refractivity contribution in [1.29, 1.82) is 0 Å². The van der Waals surface area contributed by atoms with Gasteiger partial charge in [0.05, 0.1) is 19.0 Å². The molecule has 1 aliphatic carbocycles. The highest BCUT2D eigenvalue weighted by Crippen LogP contribution is 2.32. The van der Waals surface area contributed by atoms with E-state index < -0.39 is 6.10 Å². The number of hydrogen-bond donors (Lipinski definition) is 1. The summed E-state index contributed by atoms with van der Waals surface area (Å²) in [4.78, 5) is 15.5. The molecule has 4 heteroatoms. The van der Waals surface area contributed by atoms with Crippen LogP contribution in [0.5, 0.6) is 0 Å². The molecule has 4 nitrogen and oxygen atoms in total. The van der Waals surface area contributed by atoms with Gasteiger partial charge in [0.15, 0.2) is 0 Å². The standard InChI is InChI=1S/C10H14N2O2/c1-7-4-10(14)12(6-11-7)5-9(13)8-2-3-8/h4,6,8-9,13H,2-3,5H2,1H3. The van der Waals surface area contributed by atoms with Crippen molar-refractivity contribution in [1.82, 2.24) is 9.55 Å². The van der Waals surface area contributed by atoms with Crippen molar-refractivity contribution in [2.45, 2.75) is 32.4 Å². The number of aliphatic hydroxyl groups is 1. The van der Waals surface area contributed by atoms with Gasteiger partial charge < -0.3 is 5.11 Å². The van der Waals surface area contributed by atoms with Crippen molar-refractivity contribution in [3.63, 3.8) is 0 Å². The molecule has 1 heterocycles. The molecule has 1 N–H and O–H groups in total. The van der Waals surface area contributed by atoms with E-state index in [1.54, 1.807) is 6.92 Å². The molecular formula is C10H14N2O2. The van der Waals surface area contributed by atoms with Crippen molar-refractivity contribution < 1.29 is 5.11 Å². The molecular weight excluding hydrogens is 180 g/mol. The van der Waals surface area contributed by atoms with Crippen LogP contribution in [0.15, 0.2) is 17.2 Å². The van der Waals surface area contributed by atoms with Crippen LogP contribution >= 0.6 is 0 Å². The smallest absolute Gasteiger partial charge is 0.253 e. The Kier molecular flexibility index (Phi) is 2.37. The van der Waals surface area contributed by atoms with Gasteiger partial charge in [-0.2, -0.15) is 0 Å². The SMILES string of the molecule is Cc1cc(=O)n(CC(O)C2CC2)cn1. The van der Waals surface area contributed by atoms with E-state index in [2.05, 4.69) is 4.98 Å². The Labute approximate surface area is 82.2 Å². The third-order valence-corrected chi connectivity index (χ3v) is 2.57. The van der Waals surface area contributed by atoms with Gasteiger partial charge >= 0.3 is 0 Å². The van der Waals surface area contributed by atoms with Crippen molar-refractivity contribution in [2.75, 3.05) is 0 Å². The Balaban J connectivity index is 2.12. The first-order chi connectivity index (χ1) is 6.66. The van der Waals surface area contributed by atoms with Gasteiger partial charge in [-0.15, -0.1) is 0 Å². The van der Waals surface area contributed by atoms with Crippen LogP contribution in [0, 0.1) is 12.8 Å². The molecule has 1 aliphatic rings. The topological polar surface area (TPSA) is 55.1 Å². The summed E-state index contributed by atoms with van der Waals surface area (Å²) in [6.07, 6.45) is 3.27. The van der Waals surface area contributed by atoms with E-state index in [0.717, 1.165) is 12.8 Å². The molecule has 0 aromatic carbocycles. The minimum Gasteiger partial charge on any atom is -0.391 e. The maximum absolute atomic E-state index is 11.4. The molecule has 0 amide bonds. The summed E-state index contributed by atoms with van der Waals surface area (Å²) >= 11 is 0. The molecule has 1 fully saturated rings. The maximum atomic E-state index is 11.4. The number of rotatable bonds is 3. The number of aliphatic hydroxyl groups excluding tert-OH is 1. The van der Waals surface area contributed by atoms with E-state index in [4.69, 9.17) is 0 Å². The highest BCUT2D eigenvalue weighted by atomic mass is 16.3. The second kappa shape index (κ2) is 3.53. The van der Waals surface area contributed by atoms with Gasteiger partial charge in [-0.1, -0.05) is 0 Å². The van der Waals surface area contributed by atoms with Crippen molar-refractivity contribution >= 4 is 0 Å². The summed E-state index contributed by atoms with van der Waals surface area (Å²) in [6.45, 7) is 2.15. The van der Waals surface area contributed by atoms with Crippen LogP contribution in [0.2, 0.25) is 0 Å². The zero-order valence-corrected chi connectivity index (χ0v) is 8.18. The third kappa shape index (κ3) is 2.01. The Morgan fingerprint density at radius 1 is 1.71 bits per heavy atom. The highest BCUT2D eigenvalue weighted by Gasteiger charge is 2.29. The maximum Gasteiger partial charge on any atom is 0.253 e. The molecule has 1 aromatic heterocycles. The fourth-order valence-electron chi connectivity index (χ4n) is 1.49. The van der Waals surface area contributed by atoms with Gasteiger partial charge in [0.25, 0.3) is 5.56 Å². The zero-order valence-electron chi connectivity index (χ0n) is 8.18. The first-order valence-corrected chi connectivity index (χ1v) is 4.88. The number of hydrogen-bond acceptors (Lipinski definition) is 3. The van der Waals surface area contributed by atoms with Crippen LogP contribution in [0.3, 0.4) is 0 Å². The molecule has 1 atom stereocenters. The Bertz CT molecular complexity index is 382. The van der Waals surface area contributed by atoms with E-state index in [1.807, 2.05) is 0 Å².